The van der Waals surface area contributed by atoms with Crippen molar-refractivity contribution in [2.75, 3.05) is 31.6 Å². The fourth-order valence-corrected chi connectivity index (χ4v) is 7.81. The number of cyclic esters (lactones) is 1. The second kappa shape index (κ2) is 17.1. The number of hydrogen-bond acceptors (Lipinski definition) is 9. The van der Waals surface area contributed by atoms with Crippen LogP contribution in [0.3, 0.4) is 0 Å². The minimum absolute atomic E-state index is 0.0481. The van der Waals surface area contributed by atoms with Crippen molar-refractivity contribution in [3.8, 4) is 0 Å². The molecule has 7 atom stereocenters. The number of rotatable bonds is 6. The summed E-state index contributed by atoms with van der Waals surface area (Å²) in [5, 5.41) is 10.9. The van der Waals surface area contributed by atoms with Crippen LogP contribution in [-0.4, -0.2) is 124 Å². The molecule has 4 saturated heterocycles. The highest BCUT2D eigenvalue weighted by molar-refractivity contribution is 5.98. The Morgan fingerprint density at radius 3 is 2.37 bits per heavy atom. The summed E-state index contributed by atoms with van der Waals surface area (Å²) in [4.78, 5) is 105. The summed E-state index contributed by atoms with van der Waals surface area (Å²) in [6.45, 7) is 3.66. The van der Waals surface area contributed by atoms with Gasteiger partial charge in [-0.1, -0.05) is 37.3 Å². The fraction of sp³-hybridized carbons (Fsp3) is 0.526. The normalized spacial score (nSPS) is 27.2. The average Bonchev–Trinajstić information content (AvgIpc) is 3.83. The Morgan fingerprint density at radius 1 is 0.870 bits per heavy atom. The number of anilines is 1. The molecule has 0 bridgehead atoms. The van der Waals surface area contributed by atoms with Crippen molar-refractivity contribution in [2.24, 2.45) is 5.92 Å². The number of pyridine rings is 1. The molecule has 1 aromatic heterocycles. The van der Waals surface area contributed by atoms with Crippen molar-refractivity contribution in [1.82, 2.24) is 35.6 Å². The summed E-state index contributed by atoms with van der Waals surface area (Å²) in [5.41, 5.74) is 1.13. The lowest BCUT2D eigenvalue weighted by Crippen LogP contribution is -2.62. The molecular weight excluding hydrogens is 696 g/mol. The van der Waals surface area contributed by atoms with E-state index in [9.17, 15) is 33.6 Å². The number of nitrogens with zero attached hydrogens (tertiary/aromatic N) is 4. The van der Waals surface area contributed by atoms with Gasteiger partial charge in [-0.15, -0.1) is 0 Å². The number of hydrogen-bond donors (Lipinski definition) is 4. The van der Waals surface area contributed by atoms with Gasteiger partial charge in [-0.05, 0) is 69.1 Å². The highest BCUT2D eigenvalue weighted by atomic mass is 16.5. The maximum absolute atomic E-state index is 14.4. The van der Waals surface area contributed by atoms with Crippen LogP contribution in [0.1, 0.15) is 57.9 Å². The van der Waals surface area contributed by atoms with E-state index < -0.39 is 84.4 Å². The summed E-state index contributed by atoms with van der Waals surface area (Å²) < 4.78 is 5.73. The first kappa shape index (κ1) is 38.2. The highest BCUT2D eigenvalue weighted by Crippen LogP contribution is 2.28. The Labute approximate surface area is 313 Å². The van der Waals surface area contributed by atoms with Crippen molar-refractivity contribution >= 4 is 47.2 Å². The molecule has 6 rings (SSSR count). The Morgan fingerprint density at radius 2 is 1.61 bits per heavy atom. The number of piperidine rings is 1. The van der Waals surface area contributed by atoms with Crippen LogP contribution in [0.4, 0.5) is 10.5 Å². The van der Waals surface area contributed by atoms with Crippen LogP contribution in [0, 0.1) is 5.92 Å². The smallest absolute Gasteiger partial charge is 0.328 e. The predicted molar refractivity (Wildman–Crippen MR) is 194 cm³/mol. The van der Waals surface area contributed by atoms with Gasteiger partial charge >= 0.3 is 12.0 Å². The zero-order valence-corrected chi connectivity index (χ0v) is 30.6. The number of carbonyl (C=O) groups excluding carboxylic acids is 7. The Kier molecular flexibility index (Phi) is 12.1. The molecule has 0 saturated carbocycles. The van der Waals surface area contributed by atoms with E-state index in [1.807, 2.05) is 13.0 Å². The van der Waals surface area contributed by atoms with E-state index in [1.54, 1.807) is 49.5 Å². The van der Waals surface area contributed by atoms with Gasteiger partial charge in [0, 0.05) is 32.3 Å². The average molecular weight is 745 g/mol. The lowest BCUT2D eigenvalue weighted by Gasteiger charge is -2.39. The van der Waals surface area contributed by atoms with E-state index in [-0.39, 0.29) is 25.4 Å². The third-order valence-electron chi connectivity index (χ3n) is 10.5. The van der Waals surface area contributed by atoms with Gasteiger partial charge in [0.15, 0.2) is 0 Å². The van der Waals surface area contributed by atoms with Gasteiger partial charge in [0.25, 0.3) is 0 Å². The van der Waals surface area contributed by atoms with Crippen LogP contribution in [0.15, 0.2) is 54.9 Å². The SMILES string of the molecule is C[C@@H]1C[C@H]2C(=O)OC[C@H](NC(=O)[C@H](Cc3ccccc3)NC(=O)Nc3cccnc3)C(=O)N3CCC[C@H]3C(=O)N3CCCC[C@H]3C(=O)N[C@@H](C)C(=O)N2C1. The van der Waals surface area contributed by atoms with Crippen LogP contribution >= 0.6 is 0 Å². The van der Waals surface area contributed by atoms with Gasteiger partial charge in [-0.3, -0.25) is 29.0 Å². The molecule has 5 heterocycles. The second-order valence-corrected chi connectivity index (χ2v) is 14.6. The molecule has 4 aliphatic heterocycles. The van der Waals surface area contributed by atoms with Crippen molar-refractivity contribution in [3.63, 3.8) is 0 Å². The van der Waals surface area contributed by atoms with E-state index in [2.05, 4.69) is 26.3 Å². The van der Waals surface area contributed by atoms with E-state index in [4.69, 9.17) is 4.74 Å². The molecule has 4 fully saturated rings. The van der Waals surface area contributed by atoms with Crippen molar-refractivity contribution in [2.45, 2.75) is 95.0 Å². The van der Waals surface area contributed by atoms with Gasteiger partial charge < -0.3 is 40.7 Å². The molecule has 2 aromatic rings. The Bertz CT molecular complexity index is 1730. The molecule has 4 N–H and O–H groups in total. The van der Waals surface area contributed by atoms with Gasteiger partial charge in [-0.2, -0.15) is 0 Å². The topological polar surface area (TPSA) is 199 Å². The standard InChI is InChI=1S/C38H48N8O8/c1-23-18-31-37(52)54-22-28(42-32(47)27(19-25-10-4-3-5-11-25)43-38(53)41-26-12-8-15-39-20-26)35(50)45-17-9-14-30(45)36(51)44-16-7-6-13-29(44)33(48)40-24(2)34(49)46(31)21-23/h3-5,8,10-12,15,20,23-24,27-31H,6-7,9,13-14,16-19,21-22H2,1-2H3,(H,40,48)(H,42,47)(H2,41,43,53)/t23-,24+,27+,28+,29+,30+,31+/m1/s1. The summed E-state index contributed by atoms with van der Waals surface area (Å²) in [5.74, 6) is -3.49. The molecule has 4 aliphatic rings. The van der Waals surface area contributed by atoms with Crippen molar-refractivity contribution in [1.29, 1.82) is 0 Å². The maximum atomic E-state index is 14.4. The molecule has 0 aliphatic carbocycles. The zero-order chi connectivity index (χ0) is 38.4. The Balaban J connectivity index is 1.30. The summed E-state index contributed by atoms with van der Waals surface area (Å²) in [6, 6.07) is 5.30. The largest absolute Gasteiger partial charge is 0.461 e. The van der Waals surface area contributed by atoms with E-state index in [0.717, 1.165) is 5.56 Å². The number of amides is 7. The minimum atomic E-state index is -1.44. The summed E-state index contributed by atoms with van der Waals surface area (Å²) in [6.07, 6.45) is 6.00. The first-order valence-corrected chi connectivity index (χ1v) is 18.7. The number of esters is 1. The summed E-state index contributed by atoms with van der Waals surface area (Å²) in [7, 11) is 0. The lowest BCUT2D eigenvalue weighted by atomic mass is 9.99. The first-order chi connectivity index (χ1) is 26.0. The molecule has 0 unspecified atom stereocenters. The number of nitrogens with one attached hydrogen (secondary N) is 4. The second-order valence-electron chi connectivity index (χ2n) is 14.6. The number of benzene rings is 1. The molecule has 1 aromatic carbocycles. The van der Waals surface area contributed by atoms with Crippen LogP contribution in [0.25, 0.3) is 0 Å². The van der Waals surface area contributed by atoms with Gasteiger partial charge in [0.2, 0.25) is 29.5 Å². The monoisotopic (exact) mass is 744 g/mol. The molecule has 7 amide bonds. The van der Waals surface area contributed by atoms with Crippen LogP contribution in [0.5, 0.6) is 0 Å². The maximum Gasteiger partial charge on any atom is 0.328 e. The first-order valence-electron chi connectivity index (χ1n) is 18.7. The number of urea groups is 1. The predicted octanol–water partition coefficient (Wildman–Crippen LogP) is 0.970. The van der Waals surface area contributed by atoms with Crippen LogP contribution in [-0.2, 0) is 39.9 Å². The number of aromatic nitrogens is 1. The molecule has 0 radical (unpaired) electrons. The molecule has 54 heavy (non-hydrogen) atoms. The molecule has 288 valence electrons. The fourth-order valence-electron chi connectivity index (χ4n) is 7.81. The number of ether oxygens (including phenoxy) is 1. The zero-order valence-electron chi connectivity index (χ0n) is 30.6. The highest BCUT2D eigenvalue weighted by Gasteiger charge is 2.46. The van der Waals surface area contributed by atoms with E-state index >= 15 is 0 Å². The molecule has 0 spiro atoms. The molecular formula is C38H48N8O8. The minimum Gasteiger partial charge on any atom is -0.461 e. The van der Waals surface area contributed by atoms with Gasteiger partial charge in [0.1, 0.15) is 42.9 Å². The van der Waals surface area contributed by atoms with Crippen molar-refractivity contribution in [3.05, 3.63) is 60.4 Å². The Hall–Kier alpha value is -5.54. The third-order valence-corrected chi connectivity index (χ3v) is 10.5. The summed E-state index contributed by atoms with van der Waals surface area (Å²) >= 11 is 0. The van der Waals surface area contributed by atoms with Crippen LogP contribution in [0.2, 0.25) is 0 Å². The number of fused-ring (bicyclic) bond motifs is 3. The lowest BCUT2D eigenvalue weighted by molar-refractivity contribution is -0.158. The van der Waals surface area contributed by atoms with E-state index in [0.29, 0.717) is 50.8 Å². The number of carbonyl (C=O) groups is 7. The van der Waals surface area contributed by atoms with Gasteiger partial charge in [-0.25, -0.2) is 9.59 Å². The third kappa shape index (κ3) is 8.80. The molecule has 16 heteroatoms. The molecule has 16 nitrogen and oxygen atoms in total. The quantitative estimate of drug-likeness (QED) is 0.312. The van der Waals surface area contributed by atoms with Gasteiger partial charge in [0.05, 0.1) is 11.9 Å². The van der Waals surface area contributed by atoms with Crippen molar-refractivity contribution < 1.29 is 38.3 Å². The van der Waals surface area contributed by atoms with Crippen LogP contribution < -0.4 is 21.3 Å². The van der Waals surface area contributed by atoms with E-state index in [1.165, 1.54) is 20.9 Å².